The van der Waals surface area contributed by atoms with Crippen molar-refractivity contribution in [1.82, 2.24) is 0 Å². The molecule has 0 amide bonds. The van der Waals surface area contributed by atoms with Gasteiger partial charge in [-0.25, -0.2) is 4.39 Å². The Hall–Kier alpha value is -1.20. The maximum absolute atomic E-state index is 13.8. The van der Waals surface area contributed by atoms with Crippen LogP contribution in [0.25, 0.3) is 0 Å². The Kier molecular flexibility index (Phi) is 3.54. The number of aliphatic hydroxyl groups is 1. The number of rotatable bonds is 2. The first-order valence-electron chi connectivity index (χ1n) is 5.96. The van der Waals surface area contributed by atoms with E-state index < -0.39 is 11.4 Å². The predicted octanol–water partition coefficient (Wildman–Crippen LogP) is 1.81. The van der Waals surface area contributed by atoms with E-state index >= 15 is 0 Å². The molecule has 1 atom stereocenters. The van der Waals surface area contributed by atoms with Crippen LogP contribution in [0.2, 0.25) is 0 Å². The SMILES string of the molecule is CC1(O)CCCN(c2ccc(C(N)=S)c(F)c2)C1. The Bertz CT molecular complexity index is 476. The molecule has 1 aliphatic heterocycles. The molecule has 18 heavy (non-hydrogen) atoms. The molecule has 1 aromatic carbocycles. The molecule has 5 heteroatoms. The van der Waals surface area contributed by atoms with Crippen molar-refractivity contribution in [3.05, 3.63) is 29.6 Å². The maximum Gasteiger partial charge on any atom is 0.135 e. The fourth-order valence-electron chi connectivity index (χ4n) is 2.34. The molecule has 0 spiro atoms. The van der Waals surface area contributed by atoms with Crippen LogP contribution in [0.5, 0.6) is 0 Å². The lowest BCUT2D eigenvalue weighted by molar-refractivity contribution is 0.0449. The van der Waals surface area contributed by atoms with Crippen molar-refractivity contribution in [2.24, 2.45) is 5.73 Å². The van der Waals surface area contributed by atoms with Gasteiger partial charge in [0, 0.05) is 24.3 Å². The number of β-amino-alcohol motifs (C(OH)–C–C–N with tert-alkyl or cyclic N) is 1. The molecule has 0 radical (unpaired) electrons. The molecule has 1 aliphatic rings. The highest BCUT2D eigenvalue weighted by Crippen LogP contribution is 2.26. The number of hydrogen-bond acceptors (Lipinski definition) is 3. The van der Waals surface area contributed by atoms with E-state index in [4.69, 9.17) is 18.0 Å². The fraction of sp³-hybridized carbons (Fsp3) is 0.462. The number of anilines is 1. The third kappa shape index (κ3) is 2.79. The summed E-state index contributed by atoms with van der Waals surface area (Å²) in [6, 6.07) is 4.81. The summed E-state index contributed by atoms with van der Waals surface area (Å²) in [6.07, 6.45) is 1.67. The van der Waals surface area contributed by atoms with Gasteiger partial charge in [0.1, 0.15) is 10.8 Å². The van der Waals surface area contributed by atoms with Gasteiger partial charge in [-0.05, 0) is 38.0 Å². The van der Waals surface area contributed by atoms with Crippen molar-refractivity contribution < 1.29 is 9.50 Å². The van der Waals surface area contributed by atoms with Gasteiger partial charge >= 0.3 is 0 Å². The normalized spacial score (nSPS) is 24.1. The van der Waals surface area contributed by atoms with Crippen LogP contribution in [-0.4, -0.2) is 28.8 Å². The zero-order chi connectivity index (χ0) is 13.3. The maximum atomic E-state index is 13.8. The van der Waals surface area contributed by atoms with E-state index in [2.05, 4.69) is 0 Å². The highest BCUT2D eigenvalue weighted by molar-refractivity contribution is 7.80. The number of nitrogens with two attached hydrogens (primary N) is 1. The third-order valence-corrected chi connectivity index (χ3v) is 3.48. The molecular formula is C13H17FN2OS. The largest absolute Gasteiger partial charge is 0.389 e. The van der Waals surface area contributed by atoms with Crippen LogP contribution in [-0.2, 0) is 0 Å². The minimum atomic E-state index is -0.712. The fourth-order valence-corrected chi connectivity index (χ4v) is 2.51. The summed E-state index contributed by atoms with van der Waals surface area (Å²) >= 11 is 4.77. The van der Waals surface area contributed by atoms with Crippen molar-refractivity contribution >= 4 is 22.9 Å². The van der Waals surface area contributed by atoms with Gasteiger partial charge in [0.25, 0.3) is 0 Å². The summed E-state index contributed by atoms with van der Waals surface area (Å²) in [6.45, 7) is 3.14. The smallest absolute Gasteiger partial charge is 0.135 e. The molecule has 1 saturated heterocycles. The Morgan fingerprint density at radius 2 is 2.28 bits per heavy atom. The zero-order valence-corrected chi connectivity index (χ0v) is 11.1. The monoisotopic (exact) mass is 268 g/mol. The van der Waals surface area contributed by atoms with E-state index in [9.17, 15) is 9.50 Å². The summed E-state index contributed by atoms with van der Waals surface area (Å²) in [7, 11) is 0. The molecule has 1 aromatic rings. The van der Waals surface area contributed by atoms with Crippen LogP contribution >= 0.6 is 12.2 Å². The van der Waals surface area contributed by atoms with Crippen molar-refractivity contribution in [2.45, 2.75) is 25.4 Å². The van der Waals surface area contributed by atoms with E-state index in [1.807, 2.05) is 4.90 Å². The van der Waals surface area contributed by atoms with Crippen molar-refractivity contribution in [2.75, 3.05) is 18.0 Å². The minimum absolute atomic E-state index is 0.0599. The van der Waals surface area contributed by atoms with Crippen molar-refractivity contribution in [3.63, 3.8) is 0 Å². The molecule has 0 saturated carbocycles. The van der Waals surface area contributed by atoms with Gasteiger partial charge in [-0.2, -0.15) is 0 Å². The summed E-state index contributed by atoms with van der Waals surface area (Å²) < 4.78 is 13.8. The summed E-state index contributed by atoms with van der Waals surface area (Å²) in [5.41, 5.74) is 5.73. The molecular weight excluding hydrogens is 251 g/mol. The summed E-state index contributed by atoms with van der Waals surface area (Å²) in [5.74, 6) is -0.412. The van der Waals surface area contributed by atoms with E-state index in [1.54, 1.807) is 19.1 Å². The highest BCUT2D eigenvalue weighted by Gasteiger charge is 2.28. The van der Waals surface area contributed by atoms with Crippen LogP contribution in [0.15, 0.2) is 18.2 Å². The van der Waals surface area contributed by atoms with Crippen LogP contribution < -0.4 is 10.6 Å². The van der Waals surface area contributed by atoms with Crippen LogP contribution in [0.4, 0.5) is 10.1 Å². The topological polar surface area (TPSA) is 49.5 Å². The van der Waals surface area contributed by atoms with Crippen LogP contribution in [0, 0.1) is 5.82 Å². The first-order chi connectivity index (χ1) is 8.39. The van der Waals surface area contributed by atoms with Gasteiger partial charge in [-0.3, -0.25) is 0 Å². The summed E-state index contributed by atoms with van der Waals surface area (Å²) in [5, 5.41) is 10.0. The molecule has 1 fully saturated rings. The number of halogens is 1. The van der Waals surface area contributed by atoms with Crippen LogP contribution in [0.1, 0.15) is 25.3 Å². The van der Waals surface area contributed by atoms with Crippen molar-refractivity contribution in [3.8, 4) is 0 Å². The second kappa shape index (κ2) is 4.82. The molecule has 98 valence electrons. The third-order valence-electron chi connectivity index (χ3n) is 3.26. The quantitative estimate of drug-likeness (QED) is 0.803. The molecule has 2 rings (SSSR count). The Morgan fingerprint density at radius 3 is 2.83 bits per heavy atom. The Morgan fingerprint density at radius 1 is 1.56 bits per heavy atom. The Balaban J connectivity index is 2.24. The van der Waals surface area contributed by atoms with Crippen LogP contribution in [0.3, 0.4) is 0 Å². The van der Waals surface area contributed by atoms with E-state index in [0.29, 0.717) is 6.54 Å². The lowest BCUT2D eigenvalue weighted by Gasteiger charge is -2.38. The molecule has 0 aromatic heterocycles. The number of thiocarbonyl (C=S) groups is 1. The molecule has 1 heterocycles. The van der Waals surface area contributed by atoms with Gasteiger partial charge in [0.05, 0.1) is 5.60 Å². The van der Waals surface area contributed by atoms with Gasteiger partial charge in [0.2, 0.25) is 0 Å². The molecule has 0 aliphatic carbocycles. The summed E-state index contributed by atoms with van der Waals surface area (Å²) in [4.78, 5) is 2.04. The van der Waals surface area contributed by atoms with Gasteiger partial charge in [0.15, 0.2) is 0 Å². The average molecular weight is 268 g/mol. The van der Waals surface area contributed by atoms with E-state index in [-0.39, 0.29) is 10.6 Å². The molecule has 1 unspecified atom stereocenters. The molecule has 3 N–H and O–H groups in total. The lowest BCUT2D eigenvalue weighted by Crippen LogP contribution is -2.46. The van der Waals surface area contributed by atoms with Gasteiger partial charge < -0.3 is 15.7 Å². The van der Waals surface area contributed by atoms with E-state index in [0.717, 1.165) is 25.1 Å². The second-order valence-corrected chi connectivity index (χ2v) is 5.49. The average Bonchev–Trinajstić information content (AvgIpc) is 2.27. The lowest BCUT2D eigenvalue weighted by atomic mass is 9.94. The van der Waals surface area contributed by atoms with Gasteiger partial charge in [-0.15, -0.1) is 0 Å². The second-order valence-electron chi connectivity index (χ2n) is 5.05. The van der Waals surface area contributed by atoms with Crippen molar-refractivity contribution in [1.29, 1.82) is 0 Å². The minimum Gasteiger partial charge on any atom is -0.389 e. The number of piperidine rings is 1. The zero-order valence-electron chi connectivity index (χ0n) is 10.3. The standard InChI is InChI=1S/C13H17FN2OS/c1-13(17)5-2-6-16(8-13)9-3-4-10(12(15)18)11(14)7-9/h3-4,7,17H,2,5-6,8H2,1H3,(H2,15,18). The first kappa shape index (κ1) is 13.2. The highest BCUT2D eigenvalue weighted by atomic mass is 32.1. The first-order valence-corrected chi connectivity index (χ1v) is 6.36. The molecule has 0 bridgehead atoms. The van der Waals surface area contributed by atoms with Gasteiger partial charge in [-0.1, -0.05) is 12.2 Å². The predicted molar refractivity (Wildman–Crippen MR) is 74.4 cm³/mol. The van der Waals surface area contributed by atoms with E-state index in [1.165, 1.54) is 6.07 Å². The number of benzene rings is 1. The number of nitrogens with zero attached hydrogens (tertiary/aromatic N) is 1. The molecule has 3 nitrogen and oxygen atoms in total. The number of hydrogen-bond donors (Lipinski definition) is 2. The Labute approximate surface area is 111 Å².